The van der Waals surface area contributed by atoms with Crippen LogP contribution in [0.15, 0.2) is 36.4 Å². The van der Waals surface area contributed by atoms with E-state index < -0.39 is 22.5 Å². The highest BCUT2D eigenvalue weighted by Gasteiger charge is 2.66. The molecule has 6 heteroatoms. The fraction of sp³-hybridized carbons (Fsp3) is 0.548. The maximum absolute atomic E-state index is 12.7. The van der Waals surface area contributed by atoms with Gasteiger partial charge in [-0.05, 0) is 91.3 Å². The Hall–Kier alpha value is -2.88. The van der Waals surface area contributed by atoms with E-state index in [1.54, 1.807) is 13.0 Å². The molecule has 0 amide bonds. The molecule has 6 rings (SSSR count). The summed E-state index contributed by atoms with van der Waals surface area (Å²) < 4.78 is 5.24. The Labute approximate surface area is 218 Å². The van der Waals surface area contributed by atoms with Crippen LogP contribution in [0.5, 0.6) is 5.75 Å². The van der Waals surface area contributed by atoms with Gasteiger partial charge >= 0.3 is 5.97 Å². The number of carbonyl (C=O) groups is 1. The van der Waals surface area contributed by atoms with E-state index in [9.17, 15) is 20.3 Å². The van der Waals surface area contributed by atoms with Gasteiger partial charge in [0.15, 0.2) is 5.41 Å². The number of phenolic OH excluding ortho intramolecular Hbond substituents is 1. The molecule has 194 valence electrons. The molecule has 0 spiro atoms. The van der Waals surface area contributed by atoms with E-state index in [4.69, 9.17) is 10.5 Å². The van der Waals surface area contributed by atoms with E-state index in [1.165, 1.54) is 11.1 Å². The molecule has 0 bridgehead atoms. The molecular formula is C31H36N2O4. The van der Waals surface area contributed by atoms with Gasteiger partial charge in [0.2, 0.25) is 0 Å². The van der Waals surface area contributed by atoms with E-state index in [2.05, 4.69) is 13.0 Å². The van der Waals surface area contributed by atoms with Gasteiger partial charge in [-0.1, -0.05) is 31.2 Å². The molecule has 4 N–H and O–H groups in total. The van der Waals surface area contributed by atoms with Gasteiger partial charge < -0.3 is 20.7 Å². The quantitative estimate of drug-likeness (QED) is 0.538. The summed E-state index contributed by atoms with van der Waals surface area (Å²) in [4.78, 5) is 12.7. The Morgan fingerprint density at radius 3 is 2.65 bits per heavy atom. The number of benzene rings is 2. The highest BCUT2D eigenvalue weighted by Crippen LogP contribution is 2.67. The summed E-state index contributed by atoms with van der Waals surface area (Å²) in [6.45, 7) is 4.22. The molecule has 2 fully saturated rings. The number of nitrogens with zero attached hydrogens (tertiary/aromatic N) is 1. The first kappa shape index (κ1) is 24.5. The fourth-order valence-electron chi connectivity index (χ4n) is 8.68. The lowest BCUT2D eigenvalue weighted by atomic mass is 9.49. The van der Waals surface area contributed by atoms with Gasteiger partial charge in [-0.3, -0.25) is 4.79 Å². The standard InChI is InChI=1S/C31H36N2O4/c1-3-37-27(35)29(18-32)16-20-4-5-22(14-21(20)17-29)31(36)13-10-26-28(31,2)11-9-25-24-7-6-23(34)15-19(24)8-12-30(25,26)33/h4-7,14-15,25-26,34,36H,3,8-13,16-17,33H2,1-2H3/t25-,26-,28+,29?,30+,31-/m1/s1. The first-order valence-electron chi connectivity index (χ1n) is 13.6. The molecule has 6 nitrogen and oxygen atoms in total. The van der Waals surface area contributed by atoms with Crippen molar-refractivity contribution in [2.75, 3.05) is 6.61 Å². The molecule has 2 aromatic rings. The number of hydrogen-bond acceptors (Lipinski definition) is 6. The second kappa shape index (κ2) is 8.06. The number of aromatic hydroxyl groups is 1. The number of nitrogens with two attached hydrogens (primary N) is 1. The van der Waals surface area contributed by atoms with Crippen molar-refractivity contribution in [2.24, 2.45) is 22.5 Å². The Balaban J connectivity index is 1.33. The Morgan fingerprint density at radius 1 is 1.11 bits per heavy atom. The predicted molar refractivity (Wildman–Crippen MR) is 139 cm³/mol. The Kier molecular flexibility index (Phi) is 5.33. The Bertz CT molecular complexity index is 1330. The molecular weight excluding hydrogens is 464 g/mol. The van der Waals surface area contributed by atoms with Crippen LogP contribution in [0.25, 0.3) is 0 Å². The van der Waals surface area contributed by atoms with Crippen LogP contribution in [0, 0.1) is 28.1 Å². The number of fused-ring (bicyclic) bond motifs is 6. The first-order chi connectivity index (χ1) is 17.6. The lowest BCUT2D eigenvalue weighted by Gasteiger charge is -2.58. The molecule has 0 radical (unpaired) electrons. The Morgan fingerprint density at radius 2 is 1.89 bits per heavy atom. The van der Waals surface area contributed by atoms with Crippen LogP contribution in [-0.4, -0.2) is 28.3 Å². The number of ether oxygens (including phenoxy) is 1. The molecule has 0 aromatic heterocycles. The maximum atomic E-state index is 12.7. The van der Waals surface area contributed by atoms with E-state index >= 15 is 0 Å². The van der Waals surface area contributed by atoms with Crippen LogP contribution in [-0.2, 0) is 34.4 Å². The molecule has 6 atom stereocenters. The van der Waals surface area contributed by atoms with E-state index in [-0.39, 0.29) is 23.9 Å². The smallest absolute Gasteiger partial charge is 0.327 e. The monoisotopic (exact) mass is 500 g/mol. The van der Waals surface area contributed by atoms with Crippen molar-refractivity contribution in [2.45, 2.75) is 82.3 Å². The highest BCUT2D eigenvalue weighted by molar-refractivity contribution is 5.82. The summed E-state index contributed by atoms with van der Waals surface area (Å²) in [5.41, 5.74) is 9.59. The molecule has 4 aliphatic carbocycles. The van der Waals surface area contributed by atoms with Crippen molar-refractivity contribution < 1.29 is 19.7 Å². The van der Waals surface area contributed by atoms with Crippen LogP contribution in [0.1, 0.15) is 79.7 Å². The van der Waals surface area contributed by atoms with Crippen LogP contribution >= 0.6 is 0 Å². The molecule has 2 saturated carbocycles. The molecule has 37 heavy (non-hydrogen) atoms. The predicted octanol–water partition coefficient (Wildman–Crippen LogP) is 4.39. The number of rotatable bonds is 3. The summed E-state index contributed by atoms with van der Waals surface area (Å²) in [5.74, 6) is 0.227. The summed E-state index contributed by atoms with van der Waals surface area (Å²) in [7, 11) is 0. The average Bonchev–Trinajstić information content (AvgIpc) is 3.40. The van der Waals surface area contributed by atoms with E-state index in [0.717, 1.165) is 48.8 Å². The number of carbonyl (C=O) groups excluding carboxylic acids is 1. The lowest BCUT2D eigenvalue weighted by molar-refractivity contribution is -0.151. The van der Waals surface area contributed by atoms with Gasteiger partial charge in [0.05, 0.1) is 18.3 Å². The summed E-state index contributed by atoms with van der Waals surface area (Å²) >= 11 is 0. The van der Waals surface area contributed by atoms with Crippen molar-refractivity contribution in [1.82, 2.24) is 0 Å². The molecule has 1 unspecified atom stereocenters. The largest absolute Gasteiger partial charge is 0.508 e. The molecule has 0 heterocycles. The van der Waals surface area contributed by atoms with Gasteiger partial charge in [0, 0.05) is 29.7 Å². The normalized spacial score (nSPS) is 37.6. The summed E-state index contributed by atoms with van der Waals surface area (Å²) in [5, 5.41) is 32.3. The molecule has 0 aliphatic heterocycles. The number of aliphatic hydroxyl groups is 1. The highest BCUT2D eigenvalue weighted by atomic mass is 16.5. The van der Waals surface area contributed by atoms with Crippen molar-refractivity contribution in [3.05, 3.63) is 64.2 Å². The number of aryl methyl sites for hydroxylation is 1. The zero-order chi connectivity index (χ0) is 26.2. The summed E-state index contributed by atoms with van der Waals surface area (Å²) in [6.07, 6.45) is 5.60. The van der Waals surface area contributed by atoms with Crippen LogP contribution < -0.4 is 5.73 Å². The number of nitriles is 1. The minimum Gasteiger partial charge on any atom is -0.508 e. The third-order valence-corrected chi connectivity index (χ3v) is 10.6. The molecule has 0 saturated heterocycles. The second-order valence-electron chi connectivity index (χ2n) is 12.2. The van der Waals surface area contributed by atoms with Gasteiger partial charge in [0.25, 0.3) is 0 Å². The van der Waals surface area contributed by atoms with Crippen LogP contribution in [0.3, 0.4) is 0 Å². The third-order valence-electron chi connectivity index (χ3n) is 10.6. The van der Waals surface area contributed by atoms with Gasteiger partial charge in [-0.2, -0.15) is 5.26 Å². The van der Waals surface area contributed by atoms with Crippen molar-refractivity contribution in [1.29, 1.82) is 5.26 Å². The van der Waals surface area contributed by atoms with E-state index in [1.807, 2.05) is 30.3 Å². The van der Waals surface area contributed by atoms with Crippen molar-refractivity contribution in [3.8, 4) is 11.8 Å². The topological polar surface area (TPSA) is 117 Å². The van der Waals surface area contributed by atoms with E-state index in [0.29, 0.717) is 25.0 Å². The minimum atomic E-state index is -1.19. The lowest BCUT2D eigenvalue weighted by Crippen LogP contribution is -2.63. The van der Waals surface area contributed by atoms with Crippen LogP contribution in [0.4, 0.5) is 0 Å². The minimum absolute atomic E-state index is 0.164. The number of phenols is 1. The van der Waals surface area contributed by atoms with Crippen LogP contribution in [0.2, 0.25) is 0 Å². The SMILES string of the molecule is CCOC(=O)C1(C#N)Cc2ccc([C@]3(O)CC[C@H]4[C@]5(N)CCc6cc(O)ccc6[C@H]5CC[C@@]43C)cc2C1. The number of hydrogen-bond donors (Lipinski definition) is 3. The summed E-state index contributed by atoms with van der Waals surface area (Å²) in [6, 6.07) is 14.0. The van der Waals surface area contributed by atoms with Gasteiger partial charge in [0.1, 0.15) is 5.75 Å². The average molecular weight is 501 g/mol. The fourth-order valence-corrected chi connectivity index (χ4v) is 8.68. The number of esters is 1. The zero-order valence-electron chi connectivity index (χ0n) is 21.7. The third kappa shape index (κ3) is 3.20. The second-order valence-corrected chi connectivity index (χ2v) is 12.2. The first-order valence-corrected chi connectivity index (χ1v) is 13.6. The molecule has 2 aromatic carbocycles. The van der Waals surface area contributed by atoms with Crippen molar-refractivity contribution >= 4 is 5.97 Å². The zero-order valence-corrected chi connectivity index (χ0v) is 21.7. The van der Waals surface area contributed by atoms with Crippen molar-refractivity contribution in [3.63, 3.8) is 0 Å². The maximum Gasteiger partial charge on any atom is 0.327 e. The van der Waals surface area contributed by atoms with Gasteiger partial charge in [-0.25, -0.2) is 0 Å². The van der Waals surface area contributed by atoms with Gasteiger partial charge in [-0.15, -0.1) is 0 Å². The molecule has 4 aliphatic rings.